The first kappa shape index (κ1) is 12.3. The van der Waals surface area contributed by atoms with Crippen molar-refractivity contribution in [1.29, 1.82) is 0 Å². The summed E-state index contributed by atoms with van der Waals surface area (Å²) in [6.45, 7) is 1.14. The summed E-state index contributed by atoms with van der Waals surface area (Å²) in [6.07, 6.45) is 3.62. The molecule has 3 rings (SSSR count). The van der Waals surface area contributed by atoms with Crippen LogP contribution >= 0.6 is 15.9 Å². The third kappa shape index (κ3) is 2.39. The van der Waals surface area contributed by atoms with Crippen LogP contribution in [0.25, 0.3) is 10.9 Å². The highest BCUT2D eigenvalue weighted by Crippen LogP contribution is 2.19. The predicted molar refractivity (Wildman–Crippen MR) is 78.7 cm³/mol. The summed E-state index contributed by atoms with van der Waals surface area (Å²) >= 11 is 3.43. The molecule has 0 saturated heterocycles. The van der Waals surface area contributed by atoms with Gasteiger partial charge in [0.15, 0.2) is 0 Å². The van der Waals surface area contributed by atoms with Gasteiger partial charge in [-0.15, -0.1) is 0 Å². The van der Waals surface area contributed by atoms with Crippen LogP contribution in [0, 0.1) is 0 Å². The van der Waals surface area contributed by atoms with Crippen LogP contribution in [0.3, 0.4) is 0 Å². The monoisotopic (exact) mass is 316 g/mol. The second kappa shape index (κ2) is 5.11. The molecule has 1 aromatic carbocycles. The standard InChI is InChI=1S/C14H13BrN4/c15-11-5-10(7-17-8-11)9-19-14-4-2-1-3-12(14)13(6-16)18-19/h1-5,7-8H,6,9,16H2. The average Bonchev–Trinajstić information content (AvgIpc) is 2.77. The summed E-state index contributed by atoms with van der Waals surface area (Å²) in [6, 6.07) is 10.2. The fourth-order valence-electron chi connectivity index (χ4n) is 2.18. The molecule has 0 amide bonds. The first-order valence-corrected chi connectivity index (χ1v) is 6.81. The highest BCUT2D eigenvalue weighted by atomic mass is 79.9. The van der Waals surface area contributed by atoms with Gasteiger partial charge in [-0.3, -0.25) is 9.67 Å². The molecule has 0 aliphatic heterocycles. The molecule has 0 fully saturated rings. The van der Waals surface area contributed by atoms with E-state index in [0.29, 0.717) is 13.1 Å². The van der Waals surface area contributed by atoms with Crippen molar-refractivity contribution in [2.75, 3.05) is 0 Å². The zero-order chi connectivity index (χ0) is 13.2. The number of halogens is 1. The van der Waals surface area contributed by atoms with E-state index in [4.69, 9.17) is 5.73 Å². The number of benzene rings is 1. The van der Waals surface area contributed by atoms with Gasteiger partial charge in [0.05, 0.1) is 17.8 Å². The fraction of sp³-hybridized carbons (Fsp3) is 0.143. The molecule has 19 heavy (non-hydrogen) atoms. The number of nitrogens with two attached hydrogens (primary N) is 1. The SMILES string of the molecule is NCc1nn(Cc2cncc(Br)c2)c2ccccc12. The first-order valence-electron chi connectivity index (χ1n) is 6.02. The van der Waals surface area contributed by atoms with Gasteiger partial charge in [0.25, 0.3) is 0 Å². The van der Waals surface area contributed by atoms with Gasteiger partial charge >= 0.3 is 0 Å². The highest BCUT2D eigenvalue weighted by Gasteiger charge is 2.09. The van der Waals surface area contributed by atoms with Gasteiger partial charge in [0, 0.05) is 28.8 Å². The van der Waals surface area contributed by atoms with E-state index in [9.17, 15) is 0 Å². The van der Waals surface area contributed by atoms with E-state index in [1.165, 1.54) is 0 Å². The topological polar surface area (TPSA) is 56.7 Å². The van der Waals surface area contributed by atoms with Gasteiger partial charge in [-0.2, -0.15) is 5.10 Å². The molecular weight excluding hydrogens is 304 g/mol. The minimum Gasteiger partial charge on any atom is -0.325 e. The quantitative estimate of drug-likeness (QED) is 0.808. The van der Waals surface area contributed by atoms with Crippen LogP contribution < -0.4 is 5.73 Å². The maximum absolute atomic E-state index is 5.75. The molecule has 4 nitrogen and oxygen atoms in total. The van der Waals surface area contributed by atoms with Crippen molar-refractivity contribution in [2.24, 2.45) is 5.73 Å². The summed E-state index contributed by atoms with van der Waals surface area (Å²) in [7, 11) is 0. The Bertz CT molecular complexity index is 720. The third-order valence-corrected chi connectivity index (χ3v) is 3.46. The summed E-state index contributed by atoms with van der Waals surface area (Å²) in [4.78, 5) is 4.17. The van der Waals surface area contributed by atoms with Crippen molar-refractivity contribution in [1.82, 2.24) is 14.8 Å². The molecular formula is C14H13BrN4. The predicted octanol–water partition coefficient (Wildman–Crippen LogP) is 2.70. The Balaban J connectivity index is 2.06. The zero-order valence-corrected chi connectivity index (χ0v) is 11.8. The number of nitrogens with zero attached hydrogens (tertiary/aromatic N) is 3. The van der Waals surface area contributed by atoms with Crippen LogP contribution in [0.4, 0.5) is 0 Å². The van der Waals surface area contributed by atoms with Crippen molar-refractivity contribution >= 4 is 26.8 Å². The minimum atomic E-state index is 0.449. The van der Waals surface area contributed by atoms with Gasteiger partial charge in [-0.1, -0.05) is 18.2 Å². The Morgan fingerprint density at radius 2 is 2.05 bits per heavy atom. The molecule has 2 aromatic heterocycles. The molecule has 2 N–H and O–H groups in total. The van der Waals surface area contributed by atoms with Gasteiger partial charge in [-0.25, -0.2) is 0 Å². The van der Waals surface area contributed by atoms with Crippen LogP contribution in [0.1, 0.15) is 11.3 Å². The molecule has 96 valence electrons. The number of hydrogen-bond donors (Lipinski definition) is 1. The van der Waals surface area contributed by atoms with E-state index in [-0.39, 0.29) is 0 Å². The number of fused-ring (bicyclic) bond motifs is 1. The Morgan fingerprint density at radius 3 is 2.84 bits per heavy atom. The number of para-hydroxylation sites is 1. The zero-order valence-electron chi connectivity index (χ0n) is 10.3. The largest absolute Gasteiger partial charge is 0.325 e. The lowest BCUT2D eigenvalue weighted by Crippen LogP contribution is -2.04. The van der Waals surface area contributed by atoms with E-state index in [1.54, 1.807) is 6.20 Å². The smallest absolute Gasteiger partial charge is 0.0839 e. The maximum Gasteiger partial charge on any atom is 0.0839 e. The summed E-state index contributed by atoms with van der Waals surface area (Å²) in [5, 5.41) is 5.70. The molecule has 0 unspecified atom stereocenters. The van der Waals surface area contributed by atoms with Crippen LogP contribution in [-0.4, -0.2) is 14.8 Å². The Kier molecular flexibility index (Phi) is 3.31. The first-order chi connectivity index (χ1) is 9.28. The van der Waals surface area contributed by atoms with Crippen LogP contribution in [-0.2, 0) is 13.1 Å². The minimum absolute atomic E-state index is 0.449. The Labute approximate surface area is 119 Å². The van der Waals surface area contributed by atoms with Gasteiger partial charge in [-0.05, 0) is 33.6 Å². The van der Waals surface area contributed by atoms with Crippen molar-refractivity contribution in [3.05, 3.63) is 58.5 Å². The molecule has 5 heteroatoms. The van der Waals surface area contributed by atoms with Gasteiger partial charge in [0.2, 0.25) is 0 Å². The molecule has 0 aliphatic carbocycles. The van der Waals surface area contributed by atoms with E-state index in [2.05, 4.69) is 38.1 Å². The molecule has 0 atom stereocenters. The summed E-state index contributed by atoms with van der Waals surface area (Å²) in [5.41, 5.74) is 8.88. The second-order valence-corrected chi connectivity index (χ2v) is 5.25. The number of hydrogen-bond acceptors (Lipinski definition) is 3. The Hall–Kier alpha value is -1.72. The van der Waals surface area contributed by atoms with E-state index in [0.717, 1.165) is 26.6 Å². The number of pyridine rings is 1. The molecule has 0 radical (unpaired) electrons. The highest BCUT2D eigenvalue weighted by molar-refractivity contribution is 9.10. The van der Waals surface area contributed by atoms with Crippen LogP contribution in [0.5, 0.6) is 0 Å². The van der Waals surface area contributed by atoms with Crippen molar-refractivity contribution in [2.45, 2.75) is 13.1 Å². The van der Waals surface area contributed by atoms with Crippen LogP contribution in [0.15, 0.2) is 47.2 Å². The molecule has 3 aromatic rings. The molecule has 0 saturated carbocycles. The fourth-order valence-corrected chi connectivity index (χ4v) is 2.60. The lowest BCUT2D eigenvalue weighted by Gasteiger charge is -2.03. The van der Waals surface area contributed by atoms with Gasteiger partial charge in [0.1, 0.15) is 0 Å². The maximum atomic E-state index is 5.75. The number of aromatic nitrogens is 3. The molecule has 2 heterocycles. The van der Waals surface area contributed by atoms with Gasteiger partial charge < -0.3 is 5.73 Å². The lowest BCUT2D eigenvalue weighted by molar-refractivity contribution is 0.691. The summed E-state index contributed by atoms with van der Waals surface area (Å²) < 4.78 is 2.95. The molecule has 0 aliphatic rings. The van der Waals surface area contributed by atoms with Crippen molar-refractivity contribution in [3.63, 3.8) is 0 Å². The molecule has 0 bridgehead atoms. The van der Waals surface area contributed by atoms with E-state index in [1.807, 2.05) is 29.1 Å². The van der Waals surface area contributed by atoms with E-state index >= 15 is 0 Å². The molecule has 0 spiro atoms. The second-order valence-electron chi connectivity index (χ2n) is 4.34. The van der Waals surface area contributed by atoms with Crippen molar-refractivity contribution < 1.29 is 0 Å². The van der Waals surface area contributed by atoms with Crippen molar-refractivity contribution in [3.8, 4) is 0 Å². The third-order valence-electron chi connectivity index (χ3n) is 3.02. The van der Waals surface area contributed by atoms with E-state index < -0.39 is 0 Å². The average molecular weight is 317 g/mol. The summed E-state index contributed by atoms with van der Waals surface area (Å²) in [5.74, 6) is 0. The lowest BCUT2D eigenvalue weighted by atomic mass is 10.2. The van der Waals surface area contributed by atoms with Crippen LogP contribution in [0.2, 0.25) is 0 Å². The number of rotatable bonds is 3. The Morgan fingerprint density at radius 1 is 1.21 bits per heavy atom. The normalized spacial score (nSPS) is 11.1.